The Morgan fingerprint density at radius 3 is 2.29 bits per heavy atom. The number of carbonyl (C=O) groups excluding carboxylic acids is 1. The predicted molar refractivity (Wildman–Crippen MR) is 164 cm³/mol. The molecule has 0 unspecified atom stereocenters. The van der Waals surface area contributed by atoms with Crippen LogP contribution in [0.4, 0.5) is 5.69 Å². The maximum Gasteiger partial charge on any atom is 0.335 e. The highest BCUT2D eigenvalue weighted by Crippen LogP contribution is 2.36. The van der Waals surface area contributed by atoms with Crippen molar-refractivity contribution in [2.45, 2.75) is 20.0 Å². The van der Waals surface area contributed by atoms with Crippen LogP contribution in [0.5, 0.6) is 11.5 Å². The van der Waals surface area contributed by atoms with Gasteiger partial charge in [0.15, 0.2) is 11.5 Å². The third kappa shape index (κ3) is 6.15. The molecule has 0 saturated carbocycles. The fourth-order valence-corrected chi connectivity index (χ4v) is 4.66. The molecule has 0 saturated heterocycles. The molecule has 1 N–H and O–H groups in total. The molecule has 5 rings (SSSR count). The molecule has 0 spiro atoms. The summed E-state index contributed by atoms with van der Waals surface area (Å²) in [6.45, 7) is 6.44. The first kappa shape index (κ1) is 28.1. The SMILES string of the molecule is C=CCc1cc(/C=C2\C(=O)N(c3ccccc3)N=C2c2ccccc2)cc(OCC)c1OCc1ccc(C(=O)O)cc1. The van der Waals surface area contributed by atoms with Crippen LogP contribution >= 0.6 is 0 Å². The lowest BCUT2D eigenvalue weighted by atomic mass is 9.98. The van der Waals surface area contributed by atoms with Crippen LogP contribution in [0.3, 0.4) is 0 Å². The minimum atomic E-state index is -0.979. The van der Waals surface area contributed by atoms with Crippen molar-refractivity contribution in [3.63, 3.8) is 0 Å². The molecule has 0 radical (unpaired) electrons. The lowest BCUT2D eigenvalue weighted by Gasteiger charge is -2.17. The number of hydrazone groups is 1. The number of carboxylic acid groups (broad SMARTS) is 1. The van der Waals surface area contributed by atoms with Gasteiger partial charge in [-0.3, -0.25) is 4.79 Å². The molecule has 0 atom stereocenters. The van der Waals surface area contributed by atoms with Gasteiger partial charge in [-0.1, -0.05) is 66.7 Å². The van der Waals surface area contributed by atoms with Crippen molar-refractivity contribution < 1.29 is 24.2 Å². The van der Waals surface area contributed by atoms with E-state index in [0.29, 0.717) is 41.5 Å². The molecule has 1 amide bonds. The number of ether oxygens (including phenoxy) is 2. The van der Waals surface area contributed by atoms with Gasteiger partial charge in [0.1, 0.15) is 12.3 Å². The molecule has 42 heavy (non-hydrogen) atoms. The van der Waals surface area contributed by atoms with E-state index in [0.717, 1.165) is 22.3 Å². The fourth-order valence-electron chi connectivity index (χ4n) is 4.66. The summed E-state index contributed by atoms with van der Waals surface area (Å²) in [6.07, 6.45) is 4.12. The number of allylic oxidation sites excluding steroid dienone is 1. The Morgan fingerprint density at radius 2 is 1.64 bits per heavy atom. The largest absolute Gasteiger partial charge is 0.490 e. The van der Waals surface area contributed by atoms with E-state index in [9.17, 15) is 14.7 Å². The Kier molecular flexibility index (Phi) is 8.58. The van der Waals surface area contributed by atoms with Crippen molar-refractivity contribution in [1.82, 2.24) is 0 Å². The number of hydrogen-bond donors (Lipinski definition) is 1. The van der Waals surface area contributed by atoms with E-state index in [1.807, 2.05) is 85.8 Å². The normalized spacial score (nSPS) is 13.6. The highest BCUT2D eigenvalue weighted by molar-refractivity contribution is 6.37. The molecular formula is C35H30N2O5. The van der Waals surface area contributed by atoms with E-state index >= 15 is 0 Å². The number of amides is 1. The van der Waals surface area contributed by atoms with Crippen molar-refractivity contribution in [3.8, 4) is 11.5 Å². The van der Waals surface area contributed by atoms with Gasteiger partial charge < -0.3 is 14.6 Å². The minimum Gasteiger partial charge on any atom is -0.490 e. The predicted octanol–water partition coefficient (Wildman–Crippen LogP) is 6.93. The molecule has 210 valence electrons. The Morgan fingerprint density at radius 1 is 0.952 bits per heavy atom. The van der Waals surface area contributed by atoms with Gasteiger partial charge in [-0.15, -0.1) is 6.58 Å². The molecule has 0 fully saturated rings. The van der Waals surface area contributed by atoms with Crippen LogP contribution in [0.15, 0.2) is 120 Å². The number of anilines is 1. The van der Waals surface area contributed by atoms with Gasteiger partial charge in [-0.05, 0) is 66.9 Å². The van der Waals surface area contributed by atoms with Crippen LogP contribution in [0.25, 0.3) is 6.08 Å². The second-order valence-corrected chi connectivity index (χ2v) is 9.55. The van der Waals surface area contributed by atoms with Crippen LogP contribution < -0.4 is 14.5 Å². The zero-order valence-electron chi connectivity index (χ0n) is 23.2. The second kappa shape index (κ2) is 12.8. The molecule has 4 aromatic carbocycles. The Labute approximate surface area is 244 Å². The van der Waals surface area contributed by atoms with Crippen molar-refractivity contribution in [2.24, 2.45) is 5.10 Å². The van der Waals surface area contributed by atoms with E-state index in [2.05, 4.69) is 6.58 Å². The number of rotatable bonds is 11. The molecule has 1 aliphatic rings. The molecule has 0 aliphatic carbocycles. The lowest BCUT2D eigenvalue weighted by Crippen LogP contribution is -2.21. The van der Waals surface area contributed by atoms with Crippen molar-refractivity contribution >= 4 is 29.4 Å². The van der Waals surface area contributed by atoms with Crippen molar-refractivity contribution in [2.75, 3.05) is 11.6 Å². The first-order chi connectivity index (χ1) is 20.5. The molecule has 4 aromatic rings. The quantitative estimate of drug-likeness (QED) is 0.159. The number of carbonyl (C=O) groups is 2. The third-order valence-electron chi connectivity index (χ3n) is 6.64. The van der Waals surface area contributed by atoms with Crippen LogP contribution in [0, 0.1) is 0 Å². The molecule has 0 bridgehead atoms. The maximum absolute atomic E-state index is 13.7. The average molecular weight is 559 g/mol. The van der Waals surface area contributed by atoms with Crippen molar-refractivity contribution in [1.29, 1.82) is 0 Å². The Balaban J connectivity index is 1.53. The van der Waals surface area contributed by atoms with Gasteiger partial charge >= 0.3 is 5.97 Å². The zero-order valence-corrected chi connectivity index (χ0v) is 23.2. The molecule has 7 heteroatoms. The van der Waals surface area contributed by atoms with E-state index in [1.54, 1.807) is 30.3 Å². The highest BCUT2D eigenvalue weighted by Gasteiger charge is 2.32. The van der Waals surface area contributed by atoms with E-state index < -0.39 is 5.97 Å². The first-order valence-corrected chi connectivity index (χ1v) is 13.6. The Hall–Kier alpha value is -5.43. The third-order valence-corrected chi connectivity index (χ3v) is 6.64. The standard InChI is InChI=1S/C35H30N2O5/c1-3-11-28-20-25(22-31(41-4-2)33(28)42-23-24-16-18-27(19-17-24)35(39)40)21-30-32(26-12-7-5-8-13-26)36-37(34(30)38)29-14-9-6-10-15-29/h3,5-10,12-22H,1,4,11,23H2,2H3,(H,39,40)/b30-21-. The number of benzene rings is 4. The summed E-state index contributed by atoms with van der Waals surface area (Å²) < 4.78 is 12.2. The van der Waals surface area contributed by atoms with Gasteiger partial charge in [0, 0.05) is 11.1 Å². The molecule has 1 heterocycles. The maximum atomic E-state index is 13.7. The topological polar surface area (TPSA) is 88.4 Å². The summed E-state index contributed by atoms with van der Waals surface area (Å²) in [5, 5.41) is 15.3. The van der Waals surface area contributed by atoms with E-state index in [1.165, 1.54) is 5.01 Å². The molecular weight excluding hydrogens is 528 g/mol. The summed E-state index contributed by atoms with van der Waals surface area (Å²) in [6, 6.07) is 29.3. The molecule has 1 aliphatic heterocycles. The van der Waals surface area contributed by atoms with Crippen molar-refractivity contribution in [3.05, 3.63) is 143 Å². The number of aromatic carboxylic acids is 1. The van der Waals surface area contributed by atoms with Gasteiger partial charge in [0.25, 0.3) is 5.91 Å². The lowest BCUT2D eigenvalue weighted by molar-refractivity contribution is -0.114. The average Bonchev–Trinajstić information content (AvgIpc) is 3.33. The second-order valence-electron chi connectivity index (χ2n) is 9.55. The fraction of sp³-hybridized carbons (Fsp3) is 0.114. The summed E-state index contributed by atoms with van der Waals surface area (Å²) in [4.78, 5) is 24.9. The number of hydrogen-bond acceptors (Lipinski definition) is 5. The zero-order chi connectivity index (χ0) is 29.5. The number of para-hydroxylation sites is 1. The van der Waals surface area contributed by atoms with E-state index in [-0.39, 0.29) is 18.1 Å². The van der Waals surface area contributed by atoms with Crippen LogP contribution in [0.1, 0.15) is 39.5 Å². The number of nitrogens with zero attached hydrogens (tertiary/aromatic N) is 2. The van der Waals surface area contributed by atoms with Gasteiger partial charge in [-0.25, -0.2) is 4.79 Å². The Bertz CT molecular complexity index is 1660. The van der Waals surface area contributed by atoms with Crippen LogP contribution in [-0.4, -0.2) is 29.3 Å². The molecule has 0 aromatic heterocycles. The summed E-state index contributed by atoms with van der Waals surface area (Å²) >= 11 is 0. The number of carboxylic acids is 1. The van der Waals surface area contributed by atoms with E-state index in [4.69, 9.17) is 14.6 Å². The van der Waals surface area contributed by atoms with Gasteiger partial charge in [0.05, 0.1) is 23.4 Å². The van der Waals surface area contributed by atoms with Crippen LogP contribution in [0.2, 0.25) is 0 Å². The summed E-state index contributed by atoms with van der Waals surface area (Å²) in [5.41, 5.74) is 5.19. The first-order valence-electron chi connectivity index (χ1n) is 13.6. The summed E-state index contributed by atoms with van der Waals surface area (Å²) in [7, 11) is 0. The van der Waals surface area contributed by atoms with Gasteiger partial charge in [-0.2, -0.15) is 10.1 Å². The highest BCUT2D eigenvalue weighted by atomic mass is 16.5. The van der Waals surface area contributed by atoms with Crippen LogP contribution in [-0.2, 0) is 17.8 Å². The smallest absolute Gasteiger partial charge is 0.335 e. The minimum absolute atomic E-state index is 0.212. The van der Waals surface area contributed by atoms with Gasteiger partial charge in [0.2, 0.25) is 0 Å². The monoisotopic (exact) mass is 558 g/mol. The molecule has 7 nitrogen and oxygen atoms in total. The summed E-state index contributed by atoms with van der Waals surface area (Å²) in [5.74, 6) is -0.100.